The van der Waals surface area contributed by atoms with Crippen molar-refractivity contribution in [1.82, 2.24) is 0 Å². The molecule has 5 heteroatoms. The maximum absolute atomic E-state index is 12.8. The average molecular weight is 246 g/mol. The molecule has 0 unspecified atom stereocenters. The lowest BCUT2D eigenvalue weighted by Crippen LogP contribution is -2.30. The fourth-order valence-electron chi connectivity index (χ4n) is 1.73. The van der Waals surface area contributed by atoms with E-state index in [1.807, 2.05) is 0 Å². The second-order valence-corrected chi connectivity index (χ2v) is 4.00. The summed E-state index contributed by atoms with van der Waals surface area (Å²) in [6.07, 6.45) is -0.927. The number of hydrogen-bond acceptors (Lipinski definition) is 3. The first kappa shape index (κ1) is 12.8. The Hall–Kier alpha value is -1.69. The molecule has 0 bridgehead atoms. The van der Waals surface area contributed by atoms with Crippen LogP contribution in [0.3, 0.4) is 0 Å². The highest BCUT2D eigenvalue weighted by molar-refractivity contribution is 6.58. The van der Waals surface area contributed by atoms with Crippen LogP contribution in [0.15, 0.2) is 48.5 Å². The number of halogens is 1. The number of rotatable bonds is 3. The highest BCUT2D eigenvalue weighted by Gasteiger charge is 2.15. The molecule has 3 nitrogen and oxygen atoms in total. The summed E-state index contributed by atoms with van der Waals surface area (Å²) in [6.45, 7) is 0. The fourth-order valence-corrected chi connectivity index (χ4v) is 1.73. The van der Waals surface area contributed by atoms with Crippen LogP contribution in [0.25, 0.3) is 0 Å². The largest absolute Gasteiger partial charge is 0.488 e. The first-order valence-corrected chi connectivity index (χ1v) is 5.47. The Morgan fingerprint density at radius 2 is 1.61 bits per heavy atom. The van der Waals surface area contributed by atoms with Gasteiger partial charge in [0.05, 0.1) is 0 Å². The third kappa shape index (κ3) is 2.76. The molecule has 0 aliphatic heterocycles. The minimum atomic E-state index is -1.58. The summed E-state index contributed by atoms with van der Waals surface area (Å²) >= 11 is 0. The summed E-state index contributed by atoms with van der Waals surface area (Å²) in [7, 11) is -1.58. The topological polar surface area (TPSA) is 60.7 Å². The first-order valence-electron chi connectivity index (χ1n) is 5.47. The normalized spacial score (nSPS) is 12.2. The van der Waals surface area contributed by atoms with E-state index in [1.165, 1.54) is 30.3 Å². The molecule has 0 fully saturated rings. The average Bonchev–Trinajstić information content (AvgIpc) is 2.39. The van der Waals surface area contributed by atoms with Crippen LogP contribution in [0.2, 0.25) is 0 Å². The number of hydrogen-bond donors (Lipinski definition) is 3. The van der Waals surface area contributed by atoms with Crippen LogP contribution in [0.5, 0.6) is 0 Å². The Morgan fingerprint density at radius 3 is 2.22 bits per heavy atom. The molecule has 0 spiro atoms. The smallest absolute Gasteiger partial charge is 0.423 e. The van der Waals surface area contributed by atoms with Crippen molar-refractivity contribution in [3.63, 3.8) is 0 Å². The van der Waals surface area contributed by atoms with Gasteiger partial charge < -0.3 is 15.2 Å². The van der Waals surface area contributed by atoms with E-state index in [2.05, 4.69) is 0 Å². The molecule has 0 aromatic heterocycles. The van der Waals surface area contributed by atoms with Gasteiger partial charge in [0, 0.05) is 0 Å². The van der Waals surface area contributed by atoms with Crippen LogP contribution in [-0.2, 0) is 0 Å². The predicted molar refractivity (Wildman–Crippen MR) is 66.7 cm³/mol. The van der Waals surface area contributed by atoms with Gasteiger partial charge in [0.1, 0.15) is 11.9 Å². The van der Waals surface area contributed by atoms with Crippen LogP contribution < -0.4 is 5.46 Å². The van der Waals surface area contributed by atoms with Crippen LogP contribution >= 0.6 is 0 Å². The van der Waals surface area contributed by atoms with Crippen molar-refractivity contribution < 1.29 is 19.5 Å². The van der Waals surface area contributed by atoms with Crippen LogP contribution in [0.1, 0.15) is 17.2 Å². The molecular formula is C13H12BFO3. The molecule has 0 aliphatic carbocycles. The molecule has 0 aliphatic rings. The Bertz CT molecular complexity index is 528. The molecule has 1 atom stereocenters. The SMILES string of the molecule is OB(O)c1cccc([C@H](O)c2ccc(F)cc2)c1. The summed E-state index contributed by atoms with van der Waals surface area (Å²) in [4.78, 5) is 0. The van der Waals surface area contributed by atoms with Gasteiger partial charge in [-0.05, 0) is 28.7 Å². The number of benzene rings is 2. The maximum Gasteiger partial charge on any atom is 0.488 e. The van der Waals surface area contributed by atoms with E-state index in [4.69, 9.17) is 10.0 Å². The Morgan fingerprint density at radius 1 is 0.944 bits per heavy atom. The van der Waals surface area contributed by atoms with Crippen molar-refractivity contribution in [2.24, 2.45) is 0 Å². The molecule has 0 heterocycles. The molecule has 0 amide bonds. The standard InChI is InChI=1S/C13H12BFO3/c15-12-6-4-9(5-7-12)13(16)10-2-1-3-11(8-10)14(17)18/h1-8,13,16-18H/t13-/m1/s1. The Labute approximate surface area is 104 Å². The maximum atomic E-state index is 12.8. The molecule has 2 aromatic rings. The van der Waals surface area contributed by atoms with Crippen LogP contribution in [0.4, 0.5) is 4.39 Å². The minimum Gasteiger partial charge on any atom is -0.423 e. The van der Waals surface area contributed by atoms with Gasteiger partial charge in [-0.2, -0.15) is 0 Å². The fraction of sp³-hybridized carbons (Fsp3) is 0.0769. The summed E-state index contributed by atoms with van der Waals surface area (Å²) in [5, 5.41) is 28.2. The molecular weight excluding hydrogens is 234 g/mol. The Kier molecular flexibility index (Phi) is 3.76. The summed E-state index contributed by atoms with van der Waals surface area (Å²) in [5.41, 5.74) is 1.36. The van der Waals surface area contributed by atoms with E-state index in [9.17, 15) is 9.50 Å². The first-order chi connectivity index (χ1) is 8.58. The van der Waals surface area contributed by atoms with Gasteiger partial charge in [0.25, 0.3) is 0 Å². The summed E-state index contributed by atoms with van der Waals surface area (Å²) in [6, 6.07) is 11.8. The molecule has 2 rings (SSSR count). The molecule has 18 heavy (non-hydrogen) atoms. The predicted octanol–water partition coefficient (Wildman–Crippen LogP) is 0.587. The van der Waals surface area contributed by atoms with Gasteiger partial charge in [-0.25, -0.2) is 4.39 Å². The van der Waals surface area contributed by atoms with Crippen molar-refractivity contribution in [3.8, 4) is 0 Å². The second-order valence-electron chi connectivity index (χ2n) is 4.00. The van der Waals surface area contributed by atoms with Gasteiger partial charge in [-0.15, -0.1) is 0 Å². The van der Waals surface area contributed by atoms with E-state index in [0.717, 1.165) is 0 Å². The van der Waals surface area contributed by atoms with E-state index < -0.39 is 13.2 Å². The van der Waals surface area contributed by atoms with Crippen LogP contribution in [-0.4, -0.2) is 22.3 Å². The number of aliphatic hydroxyl groups is 1. The minimum absolute atomic E-state index is 0.300. The van der Waals surface area contributed by atoms with Crippen molar-refractivity contribution in [2.45, 2.75) is 6.10 Å². The lowest BCUT2D eigenvalue weighted by atomic mass is 9.79. The molecule has 92 valence electrons. The molecule has 0 saturated heterocycles. The van der Waals surface area contributed by atoms with E-state index >= 15 is 0 Å². The van der Waals surface area contributed by atoms with E-state index in [-0.39, 0.29) is 5.82 Å². The third-order valence-corrected chi connectivity index (χ3v) is 2.71. The van der Waals surface area contributed by atoms with Crippen molar-refractivity contribution in [1.29, 1.82) is 0 Å². The van der Waals surface area contributed by atoms with Crippen molar-refractivity contribution in [3.05, 3.63) is 65.5 Å². The quantitative estimate of drug-likeness (QED) is 0.694. The van der Waals surface area contributed by atoms with E-state index in [0.29, 0.717) is 16.6 Å². The van der Waals surface area contributed by atoms with Gasteiger partial charge in [-0.1, -0.05) is 36.4 Å². The highest BCUT2D eigenvalue weighted by atomic mass is 19.1. The lowest BCUT2D eigenvalue weighted by Gasteiger charge is -2.12. The van der Waals surface area contributed by atoms with Crippen molar-refractivity contribution >= 4 is 12.6 Å². The molecule has 0 radical (unpaired) electrons. The van der Waals surface area contributed by atoms with E-state index in [1.54, 1.807) is 18.2 Å². The monoisotopic (exact) mass is 246 g/mol. The molecule has 3 N–H and O–H groups in total. The number of aliphatic hydroxyl groups excluding tert-OH is 1. The lowest BCUT2D eigenvalue weighted by molar-refractivity contribution is 0.220. The van der Waals surface area contributed by atoms with Gasteiger partial charge >= 0.3 is 7.12 Å². The van der Waals surface area contributed by atoms with Gasteiger partial charge in [-0.3, -0.25) is 0 Å². The van der Waals surface area contributed by atoms with Gasteiger partial charge in [0.15, 0.2) is 0 Å². The zero-order valence-corrected chi connectivity index (χ0v) is 9.49. The Balaban J connectivity index is 2.30. The van der Waals surface area contributed by atoms with Crippen LogP contribution in [0, 0.1) is 5.82 Å². The zero-order chi connectivity index (χ0) is 13.1. The summed E-state index contributed by atoms with van der Waals surface area (Å²) < 4.78 is 12.8. The molecule has 2 aromatic carbocycles. The van der Waals surface area contributed by atoms with Crippen molar-refractivity contribution in [2.75, 3.05) is 0 Å². The second kappa shape index (κ2) is 5.31. The third-order valence-electron chi connectivity index (χ3n) is 2.71. The van der Waals surface area contributed by atoms with Gasteiger partial charge in [0.2, 0.25) is 0 Å². The zero-order valence-electron chi connectivity index (χ0n) is 9.49. The highest BCUT2D eigenvalue weighted by Crippen LogP contribution is 2.21. The molecule has 0 saturated carbocycles. The summed E-state index contributed by atoms with van der Waals surface area (Å²) in [5.74, 6) is -0.370.